The topological polar surface area (TPSA) is 76.2 Å². The molecular weight excluding hydrogens is 172 g/mol. The number of carbonyl (C=O) groups is 1. The lowest BCUT2D eigenvalue weighted by Crippen LogP contribution is -1.97. The molecule has 0 atom stereocenters. The Hall–Kier alpha value is -1.39. The van der Waals surface area contributed by atoms with Crippen molar-refractivity contribution in [3.63, 3.8) is 0 Å². The Morgan fingerprint density at radius 3 is 2.92 bits per heavy atom. The minimum atomic E-state index is -0.852. The molecule has 0 amide bonds. The second-order valence-corrected chi connectivity index (χ2v) is 2.75. The van der Waals surface area contributed by atoms with E-state index >= 15 is 0 Å². The monoisotopic (exact) mass is 184 g/mol. The van der Waals surface area contributed by atoms with Crippen LogP contribution in [-0.4, -0.2) is 21.2 Å². The van der Waals surface area contributed by atoms with Crippen LogP contribution in [0, 0.1) is 0 Å². The van der Waals surface area contributed by atoms with Crippen molar-refractivity contribution >= 4 is 5.97 Å². The number of carboxylic acids is 1. The van der Waals surface area contributed by atoms with Gasteiger partial charge in [0.2, 0.25) is 5.89 Å². The van der Waals surface area contributed by atoms with E-state index in [1.165, 1.54) is 0 Å². The van der Waals surface area contributed by atoms with Gasteiger partial charge in [-0.05, 0) is 6.42 Å². The summed E-state index contributed by atoms with van der Waals surface area (Å²) >= 11 is 0. The number of aromatic nitrogens is 2. The van der Waals surface area contributed by atoms with Gasteiger partial charge in [-0.1, -0.05) is 12.1 Å². The van der Waals surface area contributed by atoms with Gasteiger partial charge in [-0.25, -0.2) is 0 Å². The molecule has 1 heterocycles. The van der Waals surface area contributed by atoms with E-state index in [4.69, 9.17) is 9.63 Å². The van der Waals surface area contributed by atoms with Crippen molar-refractivity contribution in [1.29, 1.82) is 0 Å². The molecule has 0 bridgehead atoms. The van der Waals surface area contributed by atoms with Crippen LogP contribution in [0.5, 0.6) is 0 Å². The van der Waals surface area contributed by atoms with E-state index in [1.54, 1.807) is 0 Å². The van der Waals surface area contributed by atoms with E-state index in [0.29, 0.717) is 18.1 Å². The first-order valence-corrected chi connectivity index (χ1v) is 4.25. The minimum absolute atomic E-state index is 0.0355. The predicted octanol–water partition coefficient (Wildman–Crippen LogP) is 1.04. The number of nitrogens with zero attached hydrogens (tertiary/aromatic N) is 2. The van der Waals surface area contributed by atoms with Crippen LogP contribution in [0.25, 0.3) is 0 Å². The number of carboxylic acid groups (broad SMARTS) is 1. The fraction of sp³-hybridized carbons (Fsp3) is 0.625. The fourth-order valence-electron chi connectivity index (χ4n) is 0.931. The average molecular weight is 184 g/mol. The van der Waals surface area contributed by atoms with Crippen LogP contribution >= 0.6 is 0 Å². The van der Waals surface area contributed by atoms with E-state index in [0.717, 1.165) is 12.8 Å². The Morgan fingerprint density at radius 1 is 1.54 bits per heavy atom. The van der Waals surface area contributed by atoms with Crippen molar-refractivity contribution in [3.8, 4) is 0 Å². The lowest BCUT2D eigenvalue weighted by atomic mass is 10.3. The standard InChI is InChI=1S/C8H12N2O3/c1-2-3-6-9-7(13-10-6)4-5-8(11)12/h2-5H2,1H3,(H,11,12). The fourth-order valence-corrected chi connectivity index (χ4v) is 0.931. The number of hydrogen-bond donors (Lipinski definition) is 1. The van der Waals surface area contributed by atoms with Crippen molar-refractivity contribution in [2.75, 3.05) is 0 Å². The molecule has 0 saturated heterocycles. The van der Waals surface area contributed by atoms with Crippen molar-refractivity contribution in [2.24, 2.45) is 0 Å². The Kier molecular flexibility index (Phi) is 3.42. The molecule has 0 aliphatic rings. The number of rotatable bonds is 5. The van der Waals surface area contributed by atoms with Gasteiger partial charge in [0.05, 0.1) is 6.42 Å². The molecule has 0 radical (unpaired) electrons. The summed E-state index contributed by atoms with van der Waals surface area (Å²) in [5, 5.41) is 12.1. The molecule has 0 aromatic carbocycles. The summed E-state index contributed by atoms with van der Waals surface area (Å²) in [5.74, 6) is 0.212. The largest absolute Gasteiger partial charge is 0.481 e. The summed E-state index contributed by atoms with van der Waals surface area (Å²) in [6.07, 6.45) is 2.08. The SMILES string of the molecule is CCCc1noc(CCC(=O)O)n1. The predicted molar refractivity (Wildman–Crippen MR) is 44.2 cm³/mol. The van der Waals surface area contributed by atoms with Gasteiger partial charge in [-0.2, -0.15) is 4.98 Å². The van der Waals surface area contributed by atoms with E-state index in [9.17, 15) is 4.79 Å². The van der Waals surface area contributed by atoms with E-state index in [1.807, 2.05) is 6.92 Å². The van der Waals surface area contributed by atoms with Gasteiger partial charge in [-0.15, -0.1) is 0 Å². The Balaban J connectivity index is 2.44. The smallest absolute Gasteiger partial charge is 0.303 e. The molecule has 5 heteroatoms. The minimum Gasteiger partial charge on any atom is -0.481 e. The van der Waals surface area contributed by atoms with Gasteiger partial charge in [0.25, 0.3) is 0 Å². The molecule has 13 heavy (non-hydrogen) atoms. The lowest BCUT2D eigenvalue weighted by molar-refractivity contribution is -0.137. The Bertz CT molecular complexity index is 283. The summed E-state index contributed by atoms with van der Waals surface area (Å²) in [6, 6.07) is 0. The molecule has 5 nitrogen and oxygen atoms in total. The molecule has 1 aromatic rings. The van der Waals surface area contributed by atoms with Gasteiger partial charge in [0.1, 0.15) is 0 Å². The van der Waals surface area contributed by atoms with E-state index in [-0.39, 0.29) is 6.42 Å². The van der Waals surface area contributed by atoms with Crippen molar-refractivity contribution in [2.45, 2.75) is 32.6 Å². The van der Waals surface area contributed by atoms with Crippen molar-refractivity contribution < 1.29 is 14.4 Å². The summed E-state index contributed by atoms with van der Waals surface area (Å²) in [4.78, 5) is 14.2. The molecule has 0 aliphatic heterocycles. The van der Waals surface area contributed by atoms with Gasteiger partial charge in [-0.3, -0.25) is 4.79 Å². The number of aliphatic carboxylic acids is 1. The molecule has 0 unspecified atom stereocenters. The molecule has 0 spiro atoms. The van der Waals surface area contributed by atoms with E-state index < -0.39 is 5.97 Å². The third-order valence-electron chi connectivity index (χ3n) is 1.54. The third-order valence-corrected chi connectivity index (χ3v) is 1.54. The van der Waals surface area contributed by atoms with Crippen LogP contribution in [0.2, 0.25) is 0 Å². The second-order valence-electron chi connectivity index (χ2n) is 2.75. The molecule has 72 valence electrons. The highest BCUT2D eigenvalue weighted by molar-refractivity contribution is 5.66. The van der Waals surface area contributed by atoms with Crippen molar-refractivity contribution in [3.05, 3.63) is 11.7 Å². The van der Waals surface area contributed by atoms with Crippen LogP contribution in [0.3, 0.4) is 0 Å². The highest BCUT2D eigenvalue weighted by Crippen LogP contribution is 2.02. The van der Waals surface area contributed by atoms with Crippen molar-refractivity contribution in [1.82, 2.24) is 10.1 Å². The molecule has 1 rings (SSSR count). The quantitative estimate of drug-likeness (QED) is 0.739. The zero-order valence-electron chi connectivity index (χ0n) is 7.49. The lowest BCUT2D eigenvalue weighted by Gasteiger charge is -1.87. The molecule has 0 aliphatic carbocycles. The first kappa shape index (κ1) is 9.70. The first-order valence-electron chi connectivity index (χ1n) is 4.25. The highest BCUT2D eigenvalue weighted by atomic mass is 16.5. The molecular formula is C8H12N2O3. The van der Waals surface area contributed by atoms with Crippen LogP contribution < -0.4 is 0 Å². The first-order chi connectivity index (χ1) is 6.22. The Morgan fingerprint density at radius 2 is 2.31 bits per heavy atom. The zero-order valence-corrected chi connectivity index (χ0v) is 7.49. The van der Waals surface area contributed by atoms with E-state index in [2.05, 4.69) is 10.1 Å². The summed E-state index contributed by atoms with van der Waals surface area (Å²) in [5.41, 5.74) is 0. The average Bonchev–Trinajstić information content (AvgIpc) is 2.50. The summed E-state index contributed by atoms with van der Waals surface area (Å²) < 4.78 is 4.84. The van der Waals surface area contributed by atoms with Crippen LogP contribution in [0.4, 0.5) is 0 Å². The summed E-state index contributed by atoms with van der Waals surface area (Å²) in [7, 11) is 0. The maximum Gasteiger partial charge on any atom is 0.303 e. The van der Waals surface area contributed by atoms with Crippen LogP contribution in [-0.2, 0) is 17.6 Å². The number of hydrogen-bond acceptors (Lipinski definition) is 4. The normalized spacial score (nSPS) is 10.2. The maximum absolute atomic E-state index is 10.2. The molecule has 1 aromatic heterocycles. The molecule has 1 N–H and O–H groups in total. The Labute approximate surface area is 75.8 Å². The van der Waals surface area contributed by atoms with Crippen LogP contribution in [0.1, 0.15) is 31.5 Å². The van der Waals surface area contributed by atoms with Gasteiger partial charge < -0.3 is 9.63 Å². The molecule has 0 saturated carbocycles. The highest BCUT2D eigenvalue weighted by Gasteiger charge is 2.06. The van der Waals surface area contributed by atoms with Crippen LogP contribution in [0.15, 0.2) is 4.52 Å². The van der Waals surface area contributed by atoms with Gasteiger partial charge in [0, 0.05) is 12.8 Å². The zero-order chi connectivity index (χ0) is 9.68. The summed E-state index contributed by atoms with van der Waals surface area (Å²) in [6.45, 7) is 2.02. The third kappa shape index (κ3) is 3.23. The van der Waals surface area contributed by atoms with Gasteiger partial charge >= 0.3 is 5.97 Å². The maximum atomic E-state index is 10.2. The number of aryl methyl sites for hydroxylation is 2. The second kappa shape index (κ2) is 4.59. The van der Waals surface area contributed by atoms with Gasteiger partial charge in [0.15, 0.2) is 5.82 Å². The molecule has 0 fully saturated rings.